The Labute approximate surface area is 179 Å². The van der Waals surface area contributed by atoms with Crippen molar-refractivity contribution >= 4 is 11.6 Å². The molecule has 1 amide bonds. The fourth-order valence-corrected chi connectivity index (χ4v) is 3.75. The molecular formula is C21H28F3N5O2. The second-order valence-corrected chi connectivity index (χ2v) is 7.72. The third-order valence-electron chi connectivity index (χ3n) is 5.44. The number of nitrogen functional groups attached to an aromatic ring is 1. The van der Waals surface area contributed by atoms with Gasteiger partial charge in [-0.3, -0.25) is 9.89 Å². The smallest absolute Gasteiger partial charge is 0.435 e. The van der Waals surface area contributed by atoms with Crippen LogP contribution >= 0.6 is 0 Å². The maximum atomic E-state index is 13.1. The summed E-state index contributed by atoms with van der Waals surface area (Å²) in [5, 5.41) is 5.49. The van der Waals surface area contributed by atoms with Crippen molar-refractivity contribution in [1.82, 2.24) is 20.0 Å². The number of aromatic amines is 1. The summed E-state index contributed by atoms with van der Waals surface area (Å²) < 4.78 is 44.2. The van der Waals surface area contributed by atoms with Crippen LogP contribution in [0.3, 0.4) is 0 Å². The predicted molar refractivity (Wildman–Crippen MR) is 111 cm³/mol. The van der Waals surface area contributed by atoms with Gasteiger partial charge in [0.25, 0.3) is 5.91 Å². The molecule has 1 fully saturated rings. The number of carbonyl (C=O) groups excluding carboxylic acids is 1. The number of nitrogens with two attached hydrogens (primary N) is 1. The zero-order chi connectivity index (χ0) is 22.4. The number of halogens is 3. The number of hydrogen-bond donors (Lipinski definition) is 2. The lowest BCUT2D eigenvalue weighted by Gasteiger charge is -2.27. The van der Waals surface area contributed by atoms with Crippen LogP contribution in [0.4, 0.5) is 18.9 Å². The van der Waals surface area contributed by atoms with Crippen molar-refractivity contribution in [3.63, 3.8) is 0 Å². The van der Waals surface area contributed by atoms with Gasteiger partial charge in [0.1, 0.15) is 11.4 Å². The quantitative estimate of drug-likeness (QED) is 0.645. The highest BCUT2D eigenvalue weighted by molar-refractivity contribution is 5.92. The van der Waals surface area contributed by atoms with E-state index in [-0.39, 0.29) is 12.2 Å². The molecule has 1 aromatic carbocycles. The van der Waals surface area contributed by atoms with E-state index in [1.165, 1.54) is 24.9 Å². The lowest BCUT2D eigenvalue weighted by Crippen LogP contribution is -2.39. The number of rotatable bonds is 7. The first-order valence-corrected chi connectivity index (χ1v) is 10.3. The molecule has 0 bridgehead atoms. The number of aromatic nitrogens is 2. The normalized spacial score (nSPS) is 15.5. The molecule has 7 nitrogen and oxygen atoms in total. The molecule has 3 rings (SSSR count). The number of carbonyl (C=O) groups is 1. The highest BCUT2D eigenvalue weighted by atomic mass is 19.4. The molecule has 0 aliphatic carbocycles. The van der Waals surface area contributed by atoms with Crippen LogP contribution in [0.25, 0.3) is 0 Å². The Morgan fingerprint density at radius 3 is 2.55 bits per heavy atom. The maximum Gasteiger partial charge on any atom is 0.435 e. The standard InChI is InChI=1S/C21H28F3N5O2/c1-31-18-7-6-16(25)12-15(18)14-29(11-10-28-8-4-2-3-5-9-28)20(30)17-13-19(27-26-17)21(22,23)24/h6-7,12-13H,2-5,8-11,14,25H2,1H3,(H,26,27). The van der Waals surface area contributed by atoms with E-state index >= 15 is 0 Å². The topological polar surface area (TPSA) is 87.5 Å². The first-order valence-electron chi connectivity index (χ1n) is 10.3. The molecular weight excluding hydrogens is 411 g/mol. The minimum absolute atomic E-state index is 0.154. The predicted octanol–water partition coefficient (Wildman–Crippen LogP) is 3.54. The SMILES string of the molecule is COc1ccc(N)cc1CN(CCN1CCCCCC1)C(=O)c1cc(C(F)(F)F)n[nH]1. The average Bonchev–Trinajstić information content (AvgIpc) is 3.09. The van der Waals surface area contributed by atoms with Crippen LogP contribution in [0, 0.1) is 0 Å². The minimum atomic E-state index is -4.62. The Kier molecular flexibility index (Phi) is 7.42. The number of nitrogens with zero attached hydrogens (tertiary/aromatic N) is 3. The molecule has 2 heterocycles. The molecule has 0 spiro atoms. The highest BCUT2D eigenvalue weighted by Crippen LogP contribution is 2.28. The Bertz CT molecular complexity index is 876. The van der Waals surface area contributed by atoms with Gasteiger partial charge < -0.3 is 20.3 Å². The fourth-order valence-electron chi connectivity index (χ4n) is 3.75. The zero-order valence-corrected chi connectivity index (χ0v) is 17.5. The van der Waals surface area contributed by atoms with Gasteiger partial charge in [-0.15, -0.1) is 0 Å². The highest BCUT2D eigenvalue weighted by Gasteiger charge is 2.35. The fraction of sp³-hybridized carbons (Fsp3) is 0.524. The minimum Gasteiger partial charge on any atom is -0.496 e. The number of nitrogens with one attached hydrogen (secondary N) is 1. The Hall–Kier alpha value is -2.75. The largest absolute Gasteiger partial charge is 0.496 e. The third kappa shape index (κ3) is 6.13. The Morgan fingerprint density at radius 1 is 1.23 bits per heavy atom. The van der Waals surface area contributed by atoms with E-state index in [0.717, 1.165) is 32.0 Å². The molecule has 1 saturated heterocycles. The molecule has 0 radical (unpaired) electrons. The monoisotopic (exact) mass is 439 g/mol. The van der Waals surface area contributed by atoms with Crippen molar-refractivity contribution in [3.8, 4) is 5.75 Å². The Morgan fingerprint density at radius 2 is 1.94 bits per heavy atom. The summed E-state index contributed by atoms with van der Waals surface area (Å²) in [5.41, 5.74) is 5.77. The third-order valence-corrected chi connectivity index (χ3v) is 5.44. The van der Waals surface area contributed by atoms with Crippen LogP contribution in [-0.2, 0) is 12.7 Å². The number of anilines is 1. The molecule has 31 heavy (non-hydrogen) atoms. The Balaban J connectivity index is 1.81. The van der Waals surface area contributed by atoms with Gasteiger partial charge in [-0.05, 0) is 44.1 Å². The number of methoxy groups -OCH3 is 1. The summed E-state index contributed by atoms with van der Waals surface area (Å²) in [7, 11) is 1.52. The number of alkyl halides is 3. The zero-order valence-electron chi connectivity index (χ0n) is 17.5. The number of ether oxygens (including phenoxy) is 1. The van der Waals surface area contributed by atoms with E-state index in [2.05, 4.69) is 15.1 Å². The average molecular weight is 439 g/mol. The van der Waals surface area contributed by atoms with E-state index in [4.69, 9.17) is 10.5 Å². The van der Waals surface area contributed by atoms with E-state index < -0.39 is 17.8 Å². The molecule has 1 aliphatic heterocycles. The van der Waals surface area contributed by atoms with Gasteiger partial charge in [-0.1, -0.05) is 12.8 Å². The van der Waals surface area contributed by atoms with E-state index in [1.54, 1.807) is 18.2 Å². The van der Waals surface area contributed by atoms with Crippen LogP contribution in [0.2, 0.25) is 0 Å². The summed E-state index contributed by atoms with van der Waals surface area (Å²) in [6.45, 7) is 3.05. The van der Waals surface area contributed by atoms with Crippen LogP contribution in [0.5, 0.6) is 5.75 Å². The lowest BCUT2D eigenvalue weighted by molar-refractivity contribution is -0.141. The summed E-state index contributed by atoms with van der Waals surface area (Å²) in [6, 6.07) is 5.85. The second kappa shape index (κ2) is 10.0. The van der Waals surface area contributed by atoms with Gasteiger partial charge in [0.05, 0.1) is 7.11 Å². The van der Waals surface area contributed by atoms with Crippen molar-refractivity contribution in [2.45, 2.75) is 38.4 Å². The van der Waals surface area contributed by atoms with E-state index in [0.29, 0.717) is 30.1 Å². The second-order valence-electron chi connectivity index (χ2n) is 7.72. The summed E-state index contributed by atoms with van der Waals surface area (Å²) in [5.74, 6) is 0.00432. The molecule has 0 atom stereocenters. The van der Waals surface area contributed by atoms with Gasteiger partial charge in [0, 0.05) is 37.0 Å². The van der Waals surface area contributed by atoms with Gasteiger partial charge >= 0.3 is 6.18 Å². The van der Waals surface area contributed by atoms with Crippen molar-refractivity contribution in [2.24, 2.45) is 0 Å². The summed E-state index contributed by atoms with van der Waals surface area (Å²) >= 11 is 0. The van der Waals surface area contributed by atoms with Crippen LogP contribution in [0.1, 0.15) is 47.4 Å². The number of benzene rings is 1. The van der Waals surface area contributed by atoms with E-state index in [9.17, 15) is 18.0 Å². The van der Waals surface area contributed by atoms with Crippen molar-refractivity contribution in [1.29, 1.82) is 0 Å². The first-order chi connectivity index (χ1) is 14.8. The molecule has 0 unspecified atom stereocenters. The van der Waals surface area contributed by atoms with E-state index in [1.807, 2.05) is 0 Å². The molecule has 1 aliphatic rings. The van der Waals surface area contributed by atoms with Gasteiger partial charge in [0.2, 0.25) is 0 Å². The maximum absolute atomic E-state index is 13.1. The number of likely N-dealkylation sites (tertiary alicyclic amines) is 1. The molecule has 170 valence electrons. The van der Waals surface area contributed by atoms with Crippen molar-refractivity contribution < 1.29 is 22.7 Å². The van der Waals surface area contributed by atoms with Gasteiger partial charge in [-0.2, -0.15) is 18.3 Å². The van der Waals surface area contributed by atoms with Gasteiger partial charge in [-0.25, -0.2) is 0 Å². The summed E-state index contributed by atoms with van der Waals surface area (Å²) in [6.07, 6.45) is -0.0377. The van der Waals surface area contributed by atoms with Crippen LogP contribution < -0.4 is 10.5 Å². The molecule has 3 N–H and O–H groups in total. The van der Waals surface area contributed by atoms with Crippen LogP contribution in [0.15, 0.2) is 24.3 Å². The van der Waals surface area contributed by atoms with Gasteiger partial charge in [0.15, 0.2) is 5.69 Å². The first kappa shape index (κ1) is 22.9. The summed E-state index contributed by atoms with van der Waals surface area (Å²) in [4.78, 5) is 16.9. The number of amides is 1. The number of H-pyrrole nitrogens is 1. The number of hydrogen-bond acceptors (Lipinski definition) is 5. The van der Waals surface area contributed by atoms with Crippen molar-refractivity contribution in [2.75, 3.05) is 39.0 Å². The van der Waals surface area contributed by atoms with Crippen LogP contribution in [-0.4, -0.2) is 59.2 Å². The molecule has 10 heteroatoms. The molecule has 0 saturated carbocycles. The van der Waals surface area contributed by atoms with Crippen molar-refractivity contribution in [3.05, 3.63) is 41.2 Å². The lowest BCUT2D eigenvalue weighted by atomic mass is 10.1. The molecule has 2 aromatic rings. The molecule has 1 aromatic heterocycles.